The van der Waals surface area contributed by atoms with Gasteiger partial charge in [0, 0.05) is 6.42 Å². The van der Waals surface area contributed by atoms with Crippen LogP contribution in [0.1, 0.15) is 17.5 Å². The molecule has 2 N–H and O–H groups in total. The Labute approximate surface area is 181 Å². The monoisotopic (exact) mass is 412 g/mol. The SMILES string of the molecule is COc1ccc(N2N=C(/C=C/c3ccc(O)cc3)CC2/C=C/c2ccc(O)cc2)cc1. The molecule has 156 valence electrons. The molecule has 1 aliphatic heterocycles. The van der Waals surface area contributed by atoms with Crippen LogP contribution in [0.4, 0.5) is 5.69 Å². The third-order valence-corrected chi connectivity index (χ3v) is 5.07. The van der Waals surface area contributed by atoms with Crippen LogP contribution in [0.5, 0.6) is 17.2 Å². The zero-order valence-electron chi connectivity index (χ0n) is 17.2. The van der Waals surface area contributed by atoms with E-state index in [-0.39, 0.29) is 17.5 Å². The van der Waals surface area contributed by atoms with Gasteiger partial charge in [-0.3, -0.25) is 5.01 Å². The fraction of sp³-hybridized carbons (Fsp3) is 0.115. The van der Waals surface area contributed by atoms with Gasteiger partial charge in [0.2, 0.25) is 0 Å². The first-order valence-electron chi connectivity index (χ1n) is 10.1. The Morgan fingerprint density at radius 2 is 1.39 bits per heavy atom. The Balaban J connectivity index is 1.58. The van der Waals surface area contributed by atoms with E-state index >= 15 is 0 Å². The number of rotatable bonds is 6. The number of hydrazone groups is 1. The molecule has 1 aliphatic rings. The number of ether oxygens (including phenoxy) is 1. The van der Waals surface area contributed by atoms with Crippen molar-refractivity contribution in [1.82, 2.24) is 0 Å². The summed E-state index contributed by atoms with van der Waals surface area (Å²) in [6.07, 6.45) is 8.94. The van der Waals surface area contributed by atoms with Gasteiger partial charge in [0.05, 0.1) is 24.6 Å². The highest BCUT2D eigenvalue weighted by molar-refractivity contribution is 6.01. The van der Waals surface area contributed by atoms with Gasteiger partial charge < -0.3 is 14.9 Å². The van der Waals surface area contributed by atoms with Crippen molar-refractivity contribution < 1.29 is 14.9 Å². The number of phenols is 2. The molecule has 5 heteroatoms. The predicted octanol–water partition coefficient (Wildman–Crippen LogP) is 5.47. The molecule has 0 spiro atoms. The molecule has 1 heterocycles. The van der Waals surface area contributed by atoms with E-state index in [9.17, 15) is 10.2 Å². The van der Waals surface area contributed by atoms with Crippen LogP contribution in [0.2, 0.25) is 0 Å². The predicted molar refractivity (Wildman–Crippen MR) is 126 cm³/mol. The van der Waals surface area contributed by atoms with Gasteiger partial charge in [0.1, 0.15) is 17.2 Å². The largest absolute Gasteiger partial charge is 0.508 e. The molecule has 0 aliphatic carbocycles. The lowest BCUT2D eigenvalue weighted by molar-refractivity contribution is 0.415. The smallest absolute Gasteiger partial charge is 0.119 e. The minimum absolute atomic E-state index is 0.0571. The van der Waals surface area contributed by atoms with Crippen LogP contribution in [-0.4, -0.2) is 29.1 Å². The van der Waals surface area contributed by atoms with E-state index in [0.29, 0.717) is 0 Å². The minimum atomic E-state index is 0.0571. The minimum Gasteiger partial charge on any atom is -0.508 e. The quantitative estimate of drug-likeness (QED) is 0.564. The van der Waals surface area contributed by atoms with Crippen molar-refractivity contribution in [3.05, 3.63) is 96.1 Å². The van der Waals surface area contributed by atoms with E-state index in [4.69, 9.17) is 9.84 Å². The Kier molecular flexibility index (Phi) is 6.03. The maximum atomic E-state index is 9.49. The molecule has 0 saturated carbocycles. The van der Waals surface area contributed by atoms with E-state index in [1.165, 1.54) is 0 Å². The van der Waals surface area contributed by atoms with Crippen LogP contribution in [-0.2, 0) is 0 Å². The van der Waals surface area contributed by atoms with Crippen molar-refractivity contribution in [1.29, 1.82) is 0 Å². The van der Waals surface area contributed by atoms with Gasteiger partial charge in [-0.15, -0.1) is 0 Å². The van der Waals surface area contributed by atoms with E-state index in [1.54, 1.807) is 31.4 Å². The normalized spacial score (nSPS) is 16.2. The van der Waals surface area contributed by atoms with Crippen molar-refractivity contribution in [3.8, 4) is 17.2 Å². The number of hydrogen-bond acceptors (Lipinski definition) is 5. The first-order valence-corrected chi connectivity index (χ1v) is 10.1. The van der Waals surface area contributed by atoms with E-state index < -0.39 is 0 Å². The summed E-state index contributed by atoms with van der Waals surface area (Å²) in [6, 6.07) is 22.1. The zero-order chi connectivity index (χ0) is 21.6. The topological polar surface area (TPSA) is 65.3 Å². The number of anilines is 1. The lowest BCUT2D eigenvalue weighted by Crippen LogP contribution is -2.23. The zero-order valence-corrected chi connectivity index (χ0v) is 17.2. The number of phenolic OH excluding ortho intramolecular Hbond substituents is 2. The molecule has 0 aromatic heterocycles. The second kappa shape index (κ2) is 9.22. The van der Waals surface area contributed by atoms with Crippen LogP contribution in [0.25, 0.3) is 12.2 Å². The van der Waals surface area contributed by atoms with Gasteiger partial charge in [-0.2, -0.15) is 5.10 Å². The molecule has 3 aromatic rings. The van der Waals surface area contributed by atoms with Crippen molar-refractivity contribution in [2.75, 3.05) is 12.1 Å². The molecule has 5 nitrogen and oxygen atoms in total. The molecule has 3 aromatic carbocycles. The standard InChI is InChI=1S/C26H24N2O3/c1-31-26-16-10-22(11-17-26)28-23(9-3-20-6-14-25(30)15-7-20)18-21(27-28)8-2-19-4-12-24(29)13-5-19/h2-17,23,29-30H,18H2,1H3/b8-2+,9-3+. The van der Waals surface area contributed by atoms with Crippen molar-refractivity contribution in [2.24, 2.45) is 5.10 Å². The molecule has 0 amide bonds. The summed E-state index contributed by atoms with van der Waals surface area (Å²) in [5, 5.41) is 25.8. The van der Waals surface area contributed by atoms with Crippen LogP contribution in [0.3, 0.4) is 0 Å². The number of benzene rings is 3. The van der Waals surface area contributed by atoms with Gasteiger partial charge in [-0.05, 0) is 65.7 Å². The summed E-state index contributed by atoms with van der Waals surface area (Å²) < 4.78 is 5.27. The summed E-state index contributed by atoms with van der Waals surface area (Å²) in [4.78, 5) is 0. The summed E-state index contributed by atoms with van der Waals surface area (Å²) in [7, 11) is 1.65. The number of aromatic hydroxyl groups is 2. The highest BCUT2D eigenvalue weighted by Gasteiger charge is 2.24. The van der Waals surface area contributed by atoms with Gasteiger partial charge in [-0.25, -0.2) is 0 Å². The first-order chi connectivity index (χ1) is 15.1. The molecule has 1 unspecified atom stereocenters. The Hall–Kier alpha value is -3.99. The molecule has 0 bridgehead atoms. The molecule has 0 saturated heterocycles. The van der Waals surface area contributed by atoms with Crippen molar-refractivity contribution in [3.63, 3.8) is 0 Å². The van der Waals surface area contributed by atoms with Gasteiger partial charge >= 0.3 is 0 Å². The Bertz CT molecular complexity index is 1100. The molecule has 31 heavy (non-hydrogen) atoms. The van der Waals surface area contributed by atoms with Crippen LogP contribution < -0.4 is 9.75 Å². The fourth-order valence-corrected chi connectivity index (χ4v) is 3.37. The highest BCUT2D eigenvalue weighted by Crippen LogP contribution is 2.28. The maximum Gasteiger partial charge on any atom is 0.119 e. The average Bonchev–Trinajstić information content (AvgIpc) is 3.21. The molecular weight excluding hydrogens is 388 g/mol. The third-order valence-electron chi connectivity index (χ3n) is 5.07. The number of nitrogens with zero attached hydrogens (tertiary/aromatic N) is 2. The Morgan fingerprint density at radius 3 is 1.97 bits per heavy atom. The number of hydrogen-bond donors (Lipinski definition) is 2. The second-order valence-electron chi connectivity index (χ2n) is 7.28. The van der Waals surface area contributed by atoms with Crippen LogP contribution in [0.15, 0.2) is 90.0 Å². The maximum absolute atomic E-state index is 9.49. The lowest BCUT2D eigenvalue weighted by atomic mass is 10.1. The Morgan fingerprint density at radius 1 is 0.806 bits per heavy atom. The first kappa shape index (κ1) is 20.3. The number of allylic oxidation sites excluding steroid dienone is 1. The fourth-order valence-electron chi connectivity index (χ4n) is 3.37. The number of methoxy groups -OCH3 is 1. The molecule has 0 fully saturated rings. The molecule has 1 atom stereocenters. The molecular formula is C26H24N2O3. The van der Waals surface area contributed by atoms with Crippen molar-refractivity contribution in [2.45, 2.75) is 12.5 Å². The van der Waals surface area contributed by atoms with Gasteiger partial charge in [-0.1, -0.05) is 42.5 Å². The lowest BCUT2D eigenvalue weighted by Gasteiger charge is -2.21. The van der Waals surface area contributed by atoms with Crippen molar-refractivity contribution >= 4 is 23.6 Å². The van der Waals surface area contributed by atoms with E-state index in [0.717, 1.165) is 34.7 Å². The summed E-state index contributed by atoms with van der Waals surface area (Å²) in [5.74, 6) is 1.30. The molecule has 0 radical (unpaired) electrons. The second-order valence-corrected chi connectivity index (χ2v) is 7.28. The summed E-state index contributed by atoms with van der Waals surface area (Å²) in [6.45, 7) is 0. The van der Waals surface area contributed by atoms with Crippen LogP contribution >= 0.6 is 0 Å². The van der Waals surface area contributed by atoms with Gasteiger partial charge in [0.25, 0.3) is 0 Å². The van der Waals surface area contributed by atoms with E-state index in [1.807, 2.05) is 71.8 Å². The van der Waals surface area contributed by atoms with Gasteiger partial charge in [0.15, 0.2) is 0 Å². The summed E-state index contributed by atoms with van der Waals surface area (Å²) in [5.41, 5.74) is 3.96. The molecule has 4 rings (SSSR count). The average molecular weight is 412 g/mol. The van der Waals surface area contributed by atoms with Crippen LogP contribution in [0, 0.1) is 0 Å². The highest BCUT2D eigenvalue weighted by atomic mass is 16.5. The third kappa shape index (κ3) is 5.14. The summed E-state index contributed by atoms with van der Waals surface area (Å²) >= 11 is 0. The van der Waals surface area contributed by atoms with E-state index in [2.05, 4.69) is 6.08 Å².